The third-order valence-electron chi connectivity index (χ3n) is 23.0. The van der Waals surface area contributed by atoms with Crippen LogP contribution >= 0.6 is 0 Å². The molecule has 0 fully saturated rings. The second kappa shape index (κ2) is 22.7. The van der Waals surface area contributed by atoms with Crippen LogP contribution in [0.5, 0.6) is 0 Å². The molecule has 2 aromatic heterocycles. The summed E-state index contributed by atoms with van der Waals surface area (Å²) in [5.74, 6) is 0. The number of para-hydroxylation sites is 2. The van der Waals surface area contributed by atoms with E-state index < -0.39 is 10.8 Å². The van der Waals surface area contributed by atoms with Crippen molar-refractivity contribution in [2.45, 2.75) is 38.5 Å². The predicted octanol–water partition coefficient (Wildman–Crippen LogP) is 28.3. The first-order chi connectivity index (χ1) is 51.1. The summed E-state index contributed by atoms with van der Waals surface area (Å²) in [5, 5.41) is 14.2. The van der Waals surface area contributed by atoms with E-state index in [1.165, 1.54) is 115 Å². The second-order valence-corrected chi connectivity index (χ2v) is 29.4. The van der Waals surface area contributed by atoms with E-state index in [-0.39, 0.29) is 0 Å². The molecule has 2 aliphatic carbocycles. The summed E-state index contributed by atoms with van der Waals surface area (Å²) < 4.78 is 14.9. The molecule has 0 bridgehead atoms. The van der Waals surface area contributed by atoms with E-state index in [1.807, 2.05) is 0 Å². The number of rotatable bonds is 10. The van der Waals surface area contributed by atoms with Crippen LogP contribution in [-0.2, 0) is 10.8 Å². The summed E-state index contributed by atoms with van der Waals surface area (Å²) in [6.45, 7) is 9.71. The smallest absolute Gasteiger partial charge is 0.160 e. The molecule has 0 atom stereocenters. The summed E-state index contributed by atoms with van der Waals surface area (Å²) in [5.41, 5.74) is 28.0. The van der Waals surface area contributed by atoms with Gasteiger partial charge in [-0.1, -0.05) is 282 Å². The topological polar surface area (TPSA) is 32.8 Å². The van der Waals surface area contributed by atoms with Gasteiger partial charge in [-0.05, 0) is 211 Å². The van der Waals surface area contributed by atoms with Gasteiger partial charge in [0.25, 0.3) is 0 Å². The Labute approximate surface area is 603 Å². The standard InChI is InChI=1S/C100H68N2O2/c1-99(2)85-58-84-86(57-83(85)93-87(99)60-90(97-96(93)82-34-14-16-40-92(82)103-97)102(71-53-45-67(46-54-71)79-37-19-27-63-23-7-11-31-75(63)79)72-55-47-68(48-56-72)80-38-20-28-64-24-8-12-32-76(64)80)100(3,4)88-59-89(95-81-33-13-15-39-91(81)104-98(95)94(84)88)101(69-49-41-65(42-50-69)77-35-17-25-61-21-5-9-29-73(61)77)70-51-43-66(44-52-70)78-36-18-26-62-22-6-10-30-74(62)78/h5-60H,1-4H3. The van der Waals surface area contributed by atoms with Crippen molar-refractivity contribution in [3.8, 4) is 66.8 Å². The van der Waals surface area contributed by atoms with Gasteiger partial charge >= 0.3 is 0 Å². The van der Waals surface area contributed by atoms with Gasteiger partial charge in [0, 0.05) is 55.3 Å². The van der Waals surface area contributed by atoms with Gasteiger partial charge in [0.2, 0.25) is 0 Å². The lowest BCUT2D eigenvalue weighted by molar-refractivity contribution is 0.649. The zero-order valence-corrected chi connectivity index (χ0v) is 58.0. The Morgan fingerprint density at radius 3 is 0.923 bits per heavy atom. The first-order valence-corrected chi connectivity index (χ1v) is 36.2. The van der Waals surface area contributed by atoms with Gasteiger partial charge in [0.1, 0.15) is 16.7 Å². The van der Waals surface area contributed by atoms with E-state index in [4.69, 9.17) is 8.83 Å². The van der Waals surface area contributed by atoms with Crippen LogP contribution in [0.15, 0.2) is 349 Å². The molecule has 0 spiro atoms. The lowest BCUT2D eigenvalue weighted by Gasteiger charge is -2.29. The fourth-order valence-corrected chi connectivity index (χ4v) is 17.9. The maximum absolute atomic E-state index is 7.46. The number of fused-ring (bicyclic) bond motifs is 18. The highest BCUT2D eigenvalue weighted by Crippen LogP contribution is 2.63. The van der Waals surface area contributed by atoms with Crippen LogP contribution < -0.4 is 9.80 Å². The van der Waals surface area contributed by atoms with Crippen LogP contribution in [0.25, 0.3) is 154 Å². The molecule has 0 unspecified atom stereocenters. The van der Waals surface area contributed by atoms with Crippen LogP contribution in [0.3, 0.4) is 0 Å². The van der Waals surface area contributed by atoms with Crippen molar-refractivity contribution in [1.82, 2.24) is 0 Å². The third-order valence-corrected chi connectivity index (χ3v) is 23.0. The van der Waals surface area contributed by atoms with Crippen LogP contribution in [-0.4, -0.2) is 0 Å². The molecule has 0 aliphatic heterocycles. The molecule has 490 valence electrons. The molecule has 4 heteroatoms. The molecule has 2 aliphatic rings. The molecule has 0 radical (unpaired) electrons. The van der Waals surface area contributed by atoms with E-state index in [9.17, 15) is 0 Å². The first kappa shape index (κ1) is 59.8. The zero-order chi connectivity index (χ0) is 69.1. The quantitative estimate of drug-likeness (QED) is 0.137. The van der Waals surface area contributed by atoms with Crippen molar-refractivity contribution in [3.63, 3.8) is 0 Å². The van der Waals surface area contributed by atoms with E-state index >= 15 is 0 Å². The molecule has 104 heavy (non-hydrogen) atoms. The maximum Gasteiger partial charge on any atom is 0.160 e. The van der Waals surface area contributed by atoms with Gasteiger partial charge < -0.3 is 18.6 Å². The van der Waals surface area contributed by atoms with Crippen LogP contribution in [0, 0.1) is 0 Å². The molecule has 17 aromatic carbocycles. The van der Waals surface area contributed by atoms with Gasteiger partial charge in [0.05, 0.1) is 16.8 Å². The number of furan rings is 2. The number of hydrogen-bond donors (Lipinski definition) is 0. The minimum absolute atomic E-state index is 0.476. The Bertz CT molecular complexity index is 6500. The molecule has 2 heterocycles. The second-order valence-electron chi connectivity index (χ2n) is 29.4. The fraction of sp³-hybridized carbons (Fsp3) is 0.0600. The molecule has 0 saturated carbocycles. The summed E-state index contributed by atoms with van der Waals surface area (Å²) in [7, 11) is 0. The molecule has 0 amide bonds. The van der Waals surface area contributed by atoms with Crippen molar-refractivity contribution in [3.05, 3.63) is 362 Å². The summed E-state index contributed by atoms with van der Waals surface area (Å²) in [6.07, 6.45) is 0. The minimum Gasteiger partial charge on any atom is -0.455 e. The molecule has 4 nitrogen and oxygen atoms in total. The maximum atomic E-state index is 7.46. The van der Waals surface area contributed by atoms with Gasteiger partial charge in [-0.25, -0.2) is 0 Å². The average Bonchev–Trinajstić information content (AvgIpc) is 1.51. The van der Waals surface area contributed by atoms with E-state index in [2.05, 4.69) is 377 Å². The van der Waals surface area contributed by atoms with Gasteiger partial charge in [-0.3, -0.25) is 0 Å². The minimum atomic E-state index is -0.485. The Kier molecular flexibility index (Phi) is 13.1. The molecule has 21 rings (SSSR count). The Balaban J connectivity index is 0.749. The van der Waals surface area contributed by atoms with E-state index in [0.29, 0.717) is 0 Å². The average molecular weight is 1330 g/mol. The summed E-state index contributed by atoms with van der Waals surface area (Å²) in [4.78, 5) is 4.91. The van der Waals surface area contributed by atoms with Crippen molar-refractivity contribution in [1.29, 1.82) is 0 Å². The molecule has 19 aromatic rings. The Morgan fingerprint density at radius 2 is 0.529 bits per heavy atom. The lowest BCUT2D eigenvalue weighted by Crippen LogP contribution is -2.18. The van der Waals surface area contributed by atoms with E-state index in [1.54, 1.807) is 0 Å². The third kappa shape index (κ3) is 8.98. The van der Waals surface area contributed by atoms with Crippen molar-refractivity contribution in [2.75, 3.05) is 9.80 Å². The number of hydrogen-bond acceptors (Lipinski definition) is 4. The molecule has 0 N–H and O–H groups in total. The SMILES string of the molecule is CC1(C)c2cc3c(cc2-c2c1cc(N(c1ccc(-c4cccc5ccccc45)cc1)c1ccc(-c4cccc5ccccc45)cc1)c1c2oc2ccccc21)C(C)(C)c1cc(N(c2ccc(-c4cccc5ccccc45)cc2)c2ccc(-c4cccc5ccccc45)cc2)c2oc4ccccc4c2c1-3. The molecular weight excluding hydrogens is 1260 g/mol. The molecular formula is C100H68N2O2. The number of benzene rings is 17. The monoisotopic (exact) mass is 1330 g/mol. The first-order valence-electron chi connectivity index (χ1n) is 36.2. The van der Waals surface area contributed by atoms with Gasteiger partial charge in [-0.2, -0.15) is 0 Å². The van der Waals surface area contributed by atoms with Crippen LogP contribution in [0.4, 0.5) is 34.1 Å². The highest BCUT2D eigenvalue weighted by Gasteiger charge is 2.46. The summed E-state index contributed by atoms with van der Waals surface area (Å²) in [6, 6.07) is 125. The van der Waals surface area contributed by atoms with Crippen LogP contribution in [0.2, 0.25) is 0 Å². The highest BCUT2D eigenvalue weighted by molar-refractivity contribution is 6.22. The Hall–Kier alpha value is -13.0. The van der Waals surface area contributed by atoms with Crippen LogP contribution in [0.1, 0.15) is 49.9 Å². The van der Waals surface area contributed by atoms with Gasteiger partial charge in [0.15, 0.2) is 5.58 Å². The van der Waals surface area contributed by atoms with Crippen molar-refractivity contribution in [2.24, 2.45) is 0 Å². The van der Waals surface area contributed by atoms with Crippen molar-refractivity contribution >= 4 is 121 Å². The number of anilines is 6. The summed E-state index contributed by atoms with van der Waals surface area (Å²) >= 11 is 0. The largest absolute Gasteiger partial charge is 0.455 e. The zero-order valence-electron chi connectivity index (χ0n) is 58.0. The van der Waals surface area contributed by atoms with Gasteiger partial charge in [-0.15, -0.1) is 0 Å². The predicted molar refractivity (Wildman–Crippen MR) is 437 cm³/mol. The highest BCUT2D eigenvalue weighted by atomic mass is 16.3. The Morgan fingerprint density at radius 1 is 0.231 bits per heavy atom. The number of nitrogens with zero attached hydrogens (tertiary/aromatic N) is 2. The lowest BCUT2D eigenvalue weighted by atomic mass is 9.79. The fourth-order valence-electron chi connectivity index (χ4n) is 17.9. The van der Waals surface area contributed by atoms with Crippen molar-refractivity contribution < 1.29 is 8.83 Å². The molecule has 0 saturated heterocycles. The van der Waals surface area contributed by atoms with E-state index in [0.717, 1.165) is 94.7 Å². The normalized spacial score (nSPS) is 13.3.